The molecule has 0 spiro atoms. The van der Waals surface area contributed by atoms with Crippen molar-refractivity contribution in [1.82, 2.24) is 4.90 Å². The number of carbonyl (C=O) groups is 1. The van der Waals surface area contributed by atoms with Gasteiger partial charge < -0.3 is 4.90 Å². The first-order chi connectivity index (χ1) is 8.02. The Morgan fingerprint density at radius 3 is 2.47 bits per heavy atom. The van der Waals surface area contributed by atoms with Crippen LogP contribution >= 0.6 is 15.9 Å². The van der Waals surface area contributed by atoms with E-state index in [1.807, 2.05) is 0 Å². The first kappa shape index (κ1) is 14.0. The zero-order chi connectivity index (χ0) is 13.0. The van der Waals surface area contributed by atoms with Crippen molar-refractivity contribution >= 4 is 21.8 Å². The fraction of sp³-hybridized carbons (Fsp3) is 0.364. The summed E-state index contributed by atoms with van der Waals surface area (Å²) in [7, 11) is 0. The topological polar surface area (TPSA) is 20.3 Å². The predicted octanol–water partition coefficient (Wildman–Crippen LogP) is 2.96. The SMILES string of the molecule is CCN(CCBr)C(=O)c1ccc(F)c(F)c1F. The Hall–Kier alpha value is -1.04. The van der Waals surface area contributed by atoms with Crippen LogP contribution < -0.4 is 0 Å². The molecular formula is C11H11BrF3NO. The highest BCUT2D eigenvalue weighted by Crippen LogP contribution is 2.17. The monoisotopic (exact) mass is 309 g/mol. The quantitative estimate of drug-likeness (QED) is 0.618. The van der Waals surface area contributed by atoms with Crippen LogP contribution in [0, 0.1) is 17.5 Å². The largest absolute Gasteiger partial charge is 0.338 e. The average Bonchev–Trinajstić information content (AvgIpc) is 2.32. The molecule has 0 N–H and O–H groups in total. The van der Waals surface area contributed by atoms with E-state index in [0.717, 1.165) is 12.1 Å². The van der Waals surface area contributed by atoms with Crippen molar-refractivity contribution < 1.29 is 18.0 Å². The number of nitrogens with zero attached hydrogens (tertiary/aromatic N) is 1. The summed E-state index contributed by atoms with van der Waals surface area (Å²) in [6.07, 6.45) is 0. The fourth-order valence-electron chi connectivity index (χ4n) is 1.37. The third-order valence-electron chi connectivity index (χ3n) is 2.29. The molecule has 1 rings (SSSR count). The maximum atomic E-state index is 13.4. The Morgan fingerprint density at radius 2 is 1.94 bits per heavy atom. The lowest BCUT2D eigenvalue weighted by Crippen LogP contribution is -2.33. The third-order valence-corrected chi connectivity index (χ3v) is 2.64. The molecule has 6 heteroatoms. The number of alkyl halides is 1. The zero-order valence-corrected chi connectivity index (χ0v) is 10.7. The molecule has 17 heavy (non-hydrogen) atoms. The molecule has 94 valence electrons. The standard InChI is InChI=1S/C11H11BrF3NO/c1-2-16(6-5-12)11(17)7-3-4-8(13)10(15)9(7)14/h3-4H,2,5-6H2,1H3. The van der Waals surface area contributed by atoms with Crippen molar-refractivity contribution in [3.05, 3.63) is 35.1 Å². The molecule has 0 unspecified atom stereocenters. The number of hydrogen-bond acceptors (Lipinski definition) is 1. The predicted molar refractivity (Wildman–Crippen MR) is 61.7 cm³/mol. The fourth-order valence-corrected chi connectivity index (χ4v) is 1.79. The maximum absolute atomic E-state index is 13.4. The molecule has 0 aliphatic rings. The van der Waals surface area contributed by atoms with Gasteiger partial charge in [-0.2, -0.15) is 0 Å². The summed E-state index contributed by atoms with van der Waals surface area (Å²) in [5.41, 5.74) is -0.452. The van der Waals surface area contributed by atoms with Crippen LogP contribution in [0.1, 0.15) is 17.3 Å². The van der Waals surface area contributed by atoms with Crippen LogP contribution in [-0.4, -0.2) is 29.2 Å². The van der Waals surface area contributed by atoms with E-state index in [-0.39, 0.29) is 0 Å². The molecule has 0 aliphatic heterocycles. The lowest BCUT2D eigenvalue weighted by Gasteiger charge is -2.20. The van der Waals surface area contributed by atoms with E-state index < -0.39 is 28.9 Å². The molecule has 0 saturated carbocycles. The van der Waals surface area contributed by atoms with Crippen LogP contribution in [-0.2, 0) is 0 Å². The van der Waals surface area contributed by atoms with Crippen molar-refractivity contribution in [2.24, 2.45) is 0 Å². The van der Waals surface area contributed by atoms with E-state index in [0.29, 0.717) is 18.4 Å². The normalized spacial score (nSPS) is 10.4. The molecule has 1 aromatic carbocycles. The summed E-state index contributed by atoms with van der Waals surface area (Å²) in [4.78, 5) is 13.2. The van der Waals surface area contributed by atoms with Gasteiger partial charge in [-0.3, -0.25) is 4.79 Å². The molecule has 1 aromatic rings. The molecular weight excluding hydrogens is 299 g/mol. The number of benzene rings is 1. The Bertz CT molecular complexity index is 425. The van der Waals surface area contributed by atoms with Gasteiger partial charge >= 0.3 is 0 Å². The number of halogens is 4. The second-order valence-corrected chi connectivity index (χ2v) is 4.09. The summed E-state index contributed by atoms with van der Waals surface area (Å²) in [5, 5.41) is 0.526. The van der Waals surface area contributed by atoms with Gasteiger partial charge in [0.1, 0.15) is 0 Å². The Kier molecular flexibility index (Phi) is 4.99. The van der Waals surface area contributed by atoms with Gasteiger partial charge in [-0.1, -0.05) is 15.9 Å². The minimum absolute atomic E-state index is 0.364. The summed E-state index contributed by atoms with van der Waals surface area (Å²) in [6.45, 7) is 2.45. The van der Waals surface area contributed by atoms with Gasteiger partial charge in [-0.05, 0) is 19.1 Å². The van der Waals surface area contributed by atoms with Crippen LogP contribution in [0.5, 0.6) is 0 Å². The Balaban J connectivity index is 3.08. The summed E-state index contributed by atoms with van der Waals surface area (Å²) < 4.78 is 39.1. The second-order valence-electron chi connectivity index (χ2n) is 3.30. The minimum Gasteiger partial charge on any atom is -0.338 e. The molecule has 0 aromatic heterocycles. The van der Waals surface area contributed by atoms with Gasteiger partial charge in [0.2, 0.25) is 0 Å². The molecule has 0 atom stereocenters. The average molecular weight is 310 g/mol. The Morgan fingerprint density at radius 1 is 1.29 bits per heavy atom. The molecule has 2 nitrogen and oxygen atoms in total. The van der Waals surface area contributed by atoms with Crippen LogP contribution in [0.25, 0.3) is 0 Å². The summed E-state index contributed by atoms with van der Waals surface area (Å²) in [5.74, 6) is -5.01. The second kappa shape index (κ2) is 6.05. The maximum Gasteiger partial charge on any atom is 0.256 e. The number of rotatable bonds is 4. The van der Waals surface area contributed by atoms with E-state index in [4.69, 9.17) is 0 Å². The molecule has 0 saturated heterocycles. The van der Waals surface area contributed by atoms with E-state index in [1.54, 1.807) is 6.92 Å². The molecule has 0 heterocycles. The molecule has 0 aliphatic carbocycles. The van der Waals surface area contributed by atoms with E-state index in [1.165, 1.54) is 4.90 Å². The van der Waals surface area contributed by atoms with Crippen molar-refractivity contribution in [3.63, 3.8) is 0 Å². The van der Waals surface area contributed by atoms with Crippen molar-refractivity contribution in [2.75, 3.05) is 18.4 Å². The van der Waals surface area contributed by atoms with E-state index in [9.17, 15) is 18.0 Å². The zero-order valence-electron chi connectivity index (χ0n) is 9.14. The minimum atomic E-state index is -1.62. The van der Waals surface area contributed by atoms with Gasteiger partial charge in [0, 0.05) is 18.4 Å². The van der Waals surface area contributed by atoms with Gasteiger partial charge in [-0.15, -0.1) is 0 Å². The van der Waals surface area contributed by atoms with Crippen LogP contribution in [0.4, 0.5) is 13.2 Å². The highest BCUT2D eigenvalue weighted by atomic mass is 79.9. The molecule has 1 amide bonds. The van der Waals surface area contributed by atoms with Gasteiger partial charge in [0.05, 0.1) is 5.56 Å². The number of amides is 1. The Labute approximate surface area is 106 Å². The highest BCUT2D eigenvalue weighted by Gasteiger charge is 2.22. The highest BCUT2D eigenvalue weighted by molar-refractivity contribution is 9.09. The van der Waals surface area contributed by atoms with Crippen LogP contribution in [0.2, 0.25) is 0 Å². The molecule has 0 bridgehead atoms. The number of hydrogen-bond donors (Lipinski definition) is 0. The van der Waals surface area contributed by atoms with Crippen molar-refractivity contribution in [1.29, 1.82) is 0 Å². The van der Waals surface area contributed by atoms with Gasteiger partial charge in [-0.25, -0.2) is 13.2 Å². The van der Waals surface area contributed by atoms with Crippen molar-refractivity contribution in [3.8, 4) is 0 Å². The summed E-state index contributed by atoms with van der Waals surface area (Å²) >= 11 is 3.15. The lowest BCUT2D eigenvalue weighted by molar-refractivity contribution is 0.0769. The van der Waals surface area contributed by atoms with Crippen LogP contribution in [0.15, 0.2) is 12.1 Å². The van der Waals surface area contributed by atoms with Crippen LogP contribution in [0.3, 0.4) is 0 Å². The summed E-state index contributed by atoms with van der Waals surface area (Å²) in [6, 6.07) is 1.70. The van der Waals surface area contributed by atoms with Gasteiger partial charge in [0.25, 0.3) is 5.91 Å². The first-order valence-corrected chi connectivity index (χ1v) is 6.13. The smallest absolute Gasteiger partial charge is 0.256 e. The first-order valence-electron chi connectivity index (χ1n) is 5.01. The number of carbonyl (C=O) groups excluding carboxylic acids is 1. The van der Waals surface area contributed by atoms with Crippen molar-refractivity contribution in [2.45, 2.75) is 6.92 Å². The lowest BCUT2D eigenvalue weighted by atomic mass is 10.1. The molecule has 0 radical (unpaired) electrons. The molecule has 0 fully saturated rings. The third kappa shape index (κ3) is 3.00. The van der Waals surface area contributed by atoms with E-state index in [2.05, 4.69) is 15.9 Å². The van der Waals surface area contributed by atoms with E-state index >= 15 is 0 Å². The van der Waals surface area contributed by atoms with Gasteiger partial charge in [0.15, 0.2) is 17.5 Å².